The zero-order valence-corrected chi connectivity index (χ0v) is 10.5. The number of rotatable bonds is 1. The molecule has 3 rings (SSSR count). The summed E-state index contributed by atoms with van der Waals surface area (Å²) in [6.45, 7) is 0. The Morgan fingerprint density at radius 3 is 2.58 bits per heavy atom. The minimum Gasteiger partial charge on any atom is -0.321 e. The second-order valence-corrected chi connectivity index (χ2v) is 4.69. The second kappa shape index (κ2) is 4.52. The highest BCUT2D eigenvalue weighted by molar-refractivity contribution is 6.35. The van der Waals surface area contributed by atoms with Crippen LogP contribution in [0.25, 0.3) is 11.6 Å². The van der Waals surface area contributed by atoms with E-state index >= 15 is 0 Å². The van der Waals surface area contributed by atoms with Gasteiger partial charge in [-0.1, -0.05) is 23.7 Å². The molecule has 0 bridgehead atoms. The van der Waals surface area contributed by atoms with Gasteiger partial charge < -0.3 is 5.32 Å². The number of hydrogen-bond donors (Lipinski definition) is 1. The lowest BCUT2D eigenvalue weighted by molar-refractivity contribution is -0.110. The van der Waals surface area contributed by atoms with Crippen LogP contribution in [0.15, 0.2) is 42.5 Å². The van der Waals surface area contributed by atoms with Crippen LogP contribution in [0.5, 0.6) is 0 Å². The van der Waals surface area contributed by atoms with E-state index in [0.29, 0.717) is 21.8 Å². The molecule has 0 unspecified atom stereocenters. The Morgan fingerprint density at radius 2 is 1.84 bits per heavy atom. The van der Waals surface area contributed by atoms with E-state index in [9.17, 15) is 9.18 Å². The molecule has 1 heterocycles. The predicted octanol–water partition coefficient (Wildman–Crippen LogP) is 3.97. The van der Waals surface area contributed by atoms with Crippen molar-refractivity contribution in [2.75, 3.05) is 5.32 Å². The maximum Gasteiger partial charge on any atom is 0.256 e. The van der Waals surface area contributed by atoms with Crippen molar-refractivity contribution in [2.45, 2.75) is 0 Å². The zero-order chi connectivity index (χ0) is 13.4. The van der Waals surface area contributed by atoms with E-state index in [0.717, 1.165) is 5.56 Å². The fourth-order valence-corrected chi connectivity index (χ4v) is 2.16. The molecule has 0 fully saturated rings. The van der Waals surface area contributed by atoms with Crippen LogP contribution in [-0.2, 0) is 4.79 Å². The number of carbonyl (C=O) groups excluding carboxylic acids is 1. The van der Waals surface area contributed by atoms with E-state index in [1.165, 1.54) is 12.1 Å². The molecule has 0 radical (unpaired) electrons. The molecule has 1 aliphatic heterocycles. The van der Waals surface area contributed by atoms with Gasteiger partial charge in [-0.05, 0) is 42.0 Å². The summed E-state index contributed by atoms with van der Waals surface area (Å²) in [5, 5.41) is 3.34. The van der Waals surface area contributed by atoms with Crippen LogP contribution < -0.4 is 5.32 Å². The van der Waals surface area contributed by atoms with Crippen molar-refractivity contribution in [1.29, 1.82) is 0 Å². The fourth-order valence-electron chi connectivity index (χ4n) is 2.03. The first kappa shape index (κ1) is 11.9. The van der Waals surface area contributed by atoms with E-state index in [1.807, 2.05) is 0 Å². The largest absolute Gasteiger partial charge is 0.321 e. The van der Waals surface area contributed by atoms with Gasteiger partial charge in [-0.25, -0.2) is 4.39 Å². The van der Waals surface area contributed by atoms with Crippen molar-refractivity contribution in [2.24, 2.45) is 0 Å². The first-order valence-electron chi connectivity index (χ1n) is 5.72. The van der Waals surface area contributed by atoms with Crippen LogP contribution in [0.3, 0.4) is 0 Å². The van der Waals surface area contributed by atoms with E-state index in [4.69, 9.17) is 11.6 Å². The van der Waals surface area contributed by atoms with Gasteiger partial charge in [0.05, 0.1) is 0 Å². The van der Waals surface area contributed by atoms with Crippen LogP contribution in [-0.4, -0.2) is 5.91 Å². The van der Waals surface area contributed by atoms with Crippen molar-refractivity contribution in [3.05, 3.63) is 64.4 Å². The van der Waals surface area contributed by atoms with Crippen LogP contribution >= 0.6 is 11.6 Å². The van der Waals surface area contributed by atoms with Gasteiger partial charge in [-0.3, -0.25) is 4.79 Å². The van der Waals surface area contributed by atoms with Crippen LogP contribution in [0.4, 0.5) is 10.1 Å². The van der Waals surface area contributed by atoms with E-state index in [2.05, 4.69) is 5.32 Å². The highest BCUT2D eigenvalue weighted by atomic mass is 35.5. The van der Waals surface area contributed by atoms with Crippen molar-refractivity contribution in [3.63, 3.8) is 0 Å². The highest BCUT2D eigenvalue weighted by Crippen LogP contribution is 2.33. The molecule has 0 saturated carbocycles. The Morgan fingerprint density at radius 1 is 1.11 bits per heavy atom. The maximum absolute atomic E-state index is 13.3. The average Bonchev–Trinajstić information content (AvgIpc) is 2.69. The number of amides is 1. The first-order valence-corrected chi connectivity index (χ1v) is 6.10. The number of benzene rings is 2. The van der Waals surface area contributed by atoms with Gasteiger partial charge in [0.1, 0.15) is 5.82 Å². The van der Waals surface area contributed by atoms with Crippen molar-refractivity contribution < 1.29 is 9.18 Å². The Kier molecular flexibility index (Phi) is 2.84. The van der Waals surface area contributed by atoms with Gasteiger partial charge in [0.25, 0.3) is 5.91 Å². The molecule has 0 saturated heterocycles. The molecule has 0 aromatic heterocycles. The average molecular weight is 274 g/mol. The molecule has 94 valence electrons. The number of nitrogens with one attached hydrogen (secondary N) is 1. The summed E-state index contributed by atoms with van der Waals surface area (Å²) < 4.78 is 13.3. The third-order valence-corrected chi connectivity index (χ3v) is 3.20. The summed E-state index contributed by atoms with van der Waals surface area (Å²) in [5.41, 5.74) is 2.51. The lowest BCUT2D eigenvalue weighted by atomic mass is 10.0. The highest BCUT2D eigenvalue weighted by Gasteiger charge is 2.24. The molecule has 4 heteroatoms. The Hall–Kier alpha value is -2.13. The Bertz CT molecular complexity index is 692. The molecule has 2 aromatic rings. The first-order chi connectivity index (χ1) is 9.13. The van der Waals surface area contributed by atoms with E-state index in [-0.39, 0.29) is 11.7 Å². The third kappa shape index (κ3) is 2.25. The van der Waals surface area contributed by atoms with Crippen molar-refractivity contribution >= 4 is 34.8 Å². The van der Waals surface area contributed by atoms with Crippen LogP contribution in [0.2, 0.25) is 5.02 Å². The summed E-state index contributed by atoms with van der Waals surface area (Å²) in [5.74, 6) is -0.590. The second-order valence-electron chi connectivity index (χ2n) is 4.25. The molecule has 1 N–H and O–H groups in total. The number of fused-ring (bicyclic) bond motifs is 1. The normalized spacial score (nSPS) is 15.5. The van der Waals surface area contributed by atoms with Crippen molar-refractivity contribution in [1.82, 2.24) is 0 Å². The number of anilines is 1. The van der Waals surface area contributed by atoms with Crippen LogP contribution in [0, 0.1) is 5.82 Å². The summed E-state index contributed by atoms with van der Waals surface area (Å²) in [4.78, 5) is 11.9. The lowest BCUT2D eigenvalue weighted by Gasteiger charge is -1.99. The molecular formula is C15H9ClFNO. The van der Waals surface area contributed by atoms with E-state index < -0.39 is 0 Å². The predicted molar refractivity (Wildman–Crippen MR) is 74.4 cm³/mol. The number of hydrogen-bond acceptors (Lipinski definition) is 1. The van der Waals surface area contributed by atoms with Gasteiger partial charge in [0.15, 0.2) is 0 Å². The minimum atomic E-state index is -0.364. The molecule has 1 aliphatic rings. The molecule has 0 atom stereocenters. The van der Waals surface area contributed by atoms with Gasteiger partial charge >= 0.3 is 0 Å². The summed E-state index contributed by atoms with van der Waals surface area (Å²) >= 11 is 5.81. The Balaban J connectivity index is 2.08. The van der Waals surface area contributed by atoms with E-state index in [1.54, 1.807) is 36.4 Å². The summed E-state index contributed by atoms with van der Waals surface area (Å²) in [6, 6.07) is 11.3. The third-order valence-electron chi connectivity index (χ3n) is 2.95. The molecule has 0 spiro atoms. The molecule has 2 aromatic carbocycles. The molecular weight excluding hydrogens is 265 g/mol. The maximum atomic E-state index is 13.3. The van der Waals surface area contributed by atoms with Crippen molar-refractivity contribution in [3.8, 4) is 0 Å². The summed E-state index contributed by atoms with van der Waals surface area (Å²) in [7, 11) is 0. The lowest BCUT2D eigenvalue weighted by Crippen LogP contribution is -2.03. The topological polar surface area (TPSA) is 29.1 Å². The fraction of sp³-hybridized carbons (Fsp3) is 0. The van der Waals surface area contributed by atoms with Gasteiger partial charge in [0, 0.05) is 21.8 Å². The zero-order valence-electron chi connectivity index (χ0n) is 9.78. The monoisotopic (exact) mass is 273 g/mol. The molecule has 2 nitrogen and oxygen atoms in total. The molecule has 1 amide bonds. The molecule has 0 aliphatic carbocycles. The smallest absolute Gasteiger partial charge is 0.256 e. The Labute approximate surface area is 114 Å². The minimum absolute atomic E-state index is 0.226. The molecule has 19 heavy (non-hydrogen) atoms. The quantitative estimate of drug-likeness (QED) is 0.783. The van der Waals surface area contributed by atoms with Gasteiger partial charge in [0.2, 0.25) is 0 Å². The number of carbonyl (C=O) groups is 1. The van der Waals surface area contributed by atoms with Gasteiger partial charge in [-0.2, -0.15) is 0 Å². The number of halogens is 2. The van der Waals surface area contributed by atoms with Gasteiger partial charge in [-0.15, -0.1) is 0 Å². The standard InChI is InChI=1S/C15H9ClFNO/c16-10-3-1-9(2-4-10)7-13-12-8-11(17)5-6-14(12)18-15(13)19/h1-8H,(H,18,19)/b13-7+. The SMILES string of the molecule is O=C1Nc2ccc(F)cc2/C1=C\c1ccc(Cl)cc1. The summed E-state index contributed by atoms with van der Waals surface area (Å²) in [6.07, 6.45) is 1.72. The van der Waals surface area contributed by atoms with Crippen LogP contribution in [0.1, 0.15) is 11.1 Å².